The average molecular weight is 406 g/mol. The molecule has 0 bridgehead atoms. The second kappa shape index (κ2) is 10.3. The van der Waals surface area contributed by atoms with Gasteiger partial charge >= 0.3 is 0 Å². The number of carbonyl (C=O) groups excluding carboxylic acids is 2. The highest BCUT2D eigenvalue weighted by atomic mass is 16.5. The fourth-order valence-electron chi connectivity index (χ4n) is 2.80. The Morgan fingerprint density at radius 2 is 1.83 bits per heavy atom. The molecule has 0 saturated heterocycles. The van der Waals surface area contributed by atoms with Crippen molar-refractivity contribution >= 4 is 17.5 Å². The zero-order chi connectivity index (χ0) is 21.3. The van der Waals surface area contributed by atoms with Crippen molar-refractivity contribution < 1.29 is 18.7 Å². The van der Waals surface area contributed by atoms with Crippen molar-refractivity contribution in [3.63, 3.8) is 0 Å². The maximum absolute atomic E-state index is 12.8. The van der Waals surface area contributed by atoms with E-state index in [-0.39, 0.29) is 11.8 Å². The van der Waals surface area contributed by atoms with Crippen molar-refractivity contribution in [2.24, 2.45) is 5.92 Å². The number of furan rings is 1. The molecule has 3 rings (SSSR count). The summed E-state index contributed by atoms with van der Waals surface area (Å²) in [6, 6.07) is 17.5. The molecule has 0 saturated carbocycles. The highest BCUT2D eigenvalue weighted by molar-refractivity contribution is 6.06. The van der Waals surface area contributed by atoms with Crippen LogP contribution in [0.2, 0.25) is 0 Å². The fraction of sp³-hybridized carbons (Fsp3) is 0.250. The van der Waals surface area contributed by atoms with Gasteiger partial charge in [0, 0.05) is 11.3 Å². The van der Waals surface area contributed by atoms with Gasteiger partial charge in [0.05, 0.1) is 25.0 Å². The van der Waals surface area contributed by atoms with E-state index in [1.54, 1.807) is 60.9 Å². The van der Waals surface area contributed by atoms with E-state index in [1.807, 2.05) is 6.07 Å². The van der Waals surface area contributed by atoms with Crippen molar-refractivity contribution in [2.45, 2.75) is 26.8 Å². The van der Waals surface area contributed by atoms with Gasteiger partial charge < -0.3 is 19.8 Å². The van der Waals surface area contributed by atoms with Gasteiger partial charge in [-0.2, -0.15) is 0 Å². The summed E-state index contributed by atoms with van der Waals surface area (Å²) < 4.78 is 11.0. The van der Waals surface area contributed by atoms with Crippen LogP contribution < -0.4 is 15.4 Å². The lowest BCUT2D eigenvalue weighted by molar-refractivity contribution is 0.0946. The molecule has 0 aliphatic carbocycles. The number of amides is 2. The van der Waals surface area contributed by atoms with Crippen LogP contribution in [0, 0.1) is 5.92 Å². The number of hydrogen-bond acceptors (Lipinski definition) is 4. The first kappa shape index (κ1) is 21.2. The van der Waals surface area contributed by atoms with Gasteiger partial charge in [-0.1, -0.05) is 32.0 Å². The molecular weight excluding hydrogens is 380 g/mol. The number of para-hydroxylation sites is 1. The summed E-state index contributed by atoms with van der Waals surface area (Å²) in [5.41, 5.74) is 1.43. The van der Waals surface area contributed by atoms with Crippen LogP contribution in [0.4, 0.5) is 5.69 Å². The summed E-state index contributed by atoms with van der Waals surface area (Å²) >= 11 is 0. The lowest BCUT2D eigenvalue weighted by Crippen LogP contribution is -2.22. The van der Waals surface area contributed by atoms with Gasteiger partial charge in [0.1, 0.15) is 11.5 Å². The molecule has 0 spiro atoms. The number of hydrogen-bond donors (Lipinski definition) is 2. The molecule has 30 heavy (non-hydrogen) atoms. The Morgan fingerprint density at radius 1 is 1.00 bits per heavy atom. The Hall–Kier alpha value is -3.54. The lowest BCUT2D eigenvalue weighted by Gasteiger charge is -2.13. The van der Waals surface area contributed by atoms with E-state index < -0.39 is 0 Å². The monoisotopic (exact) mass is 406 g/mol. The van der Waals surface area contributed by atoms with Gasteiger partial charge in [-0.3, -0.25) is 9.59 Å². The third kappa shape index (κ3) is 5.98. The molecule has 156 valence electrons. The van der Waals surface area contributed by atoms with E-state index >= 15 is 0 Å². The van der Waals surface area contributed by atoms with E-state index in [9.17, 15) is 9.59 Å². The number of rotatable bonds is 9. The first-order chi connectivity index (χ1) is 14.5. The predicted octanol–water partition coefficient (Wildman–Crippen LogP) is 4.89. The third-order valence-corrected chi connectivity index (χ3v) is 4.47. The van der Waals surface area contributed by atoms with Crippen molar-refractivity contribution in [1.82, 2.24) is 5.32 Å². The van der Waals surface area contributed by atoms with Crippen LogP contribution in [-0.4, -0.2) is 18.4 Å². The maximum atomic E-state index is 12.8. The SMILES string of the molecule is CC(C)CCOc1ccccc1C(=O)Nc1cccc(C(=O)NCc2ccco2)c1. The highest BCUT2D eigenvalue weighted by Crippen LogP contribution is 2.21. The van der Waals surface area contributed by atoms with Gasteiger partial charge in [0.2, 0.25) is 0 Å². The molecule has 0 atom stereocenters. The molecular formula is C24H26N2O4. The molecule has 6 nitrogen and oxygen atoms in total. The average Bonchev–Trinajstić information content (AvgIpc) is 3.26. The van der Waals surface area contributed by atoms with E-state index in [2.05, 4.69) is 24.5 Å². The van der Waals surface area contributed by atoms with Gasteiger partial charge in [0.25, 0.3) is 11.8 Å². The van der Waals surface area contributed by atoms with Crippen LogP contribution in [0.3, 0.4) is 0 Å². The molecule has 0 aliphatic heterocycles. The Bertz CT molecular complexity index is 980. The standard InChI is InChI=1S/C24H26N2O4/c1-17(2)12-14-30-22-11-4-3-10-21(22)24(28)26-19-8-5-7-18(15-19)23(27)25-16-20-9-6-13-29-20/h3-11,13,15,17H,12,14,16H2,1-2H3,(H,25,27)(H,26,28). The number of benzene rings is 2. The summed E-state index contributed by atoms with van der Waals surface area (Å²) in [5, 5.41) is 5.63. The summed E-state index contributed by atoms with van der Waals surface area (Å²) in [6.45, 7) is 5.09. The van der Waals surface area contributed by atoms with E-state index in [0.717, 1.165) is 6.42 Å². The number of carbonyl (C=O) groups is 2. The second-order valence-corrected chi connectivity index (χ2v) is 7.32. The Morgan fingerprint density at radius 3 is 2.60 bits per heavy atom. The highest BCUT2D eigenvalue weighted by Gasteiger charge is 2.14. The minimum atomic E-state index is -0.289. The van der Waals surface area contributed by atoms with Gasteiger partial charge in [-0.05, 0) is 54.8 Å². The van der Waals surface area contributed by atoms with Crippen molar-refractivity contribution in [1.29, 1.82) is 0 Å². The molecule has 1 aromatic heterocycles. The molecule has 2 N–H and O–H groups in total. The quantitative estimate of drug-likeness (QED) is 0.530. The van der Waals surface area contributed by atoms with Crippen LogP contribution in [-0.2, 0) is 6.54 Å². The summed E-state index contributed by atoms with van der Waals surface area (Å²) in [4.78, 5) is 25.2. The summed E-state index contributed by atoms with van der Waals surface area (Å²) in [7, 11) is 0. The van der Waals surface area contributed by atoms with Crippen LogP contribution in [0.5, 0.6) is 5.75 Å². The molecule has 3 aromatic rings. The largest absolute Gasteiger partial charge is 0.493 e. The van der Waals surface area contributed by atoms with E-state index in [1.165, 1.54) is 0 Å². The molecule has 6 heteroatoms. The van der Waals surface area contributed by atoms with Gasteiger partial charge in [0.15, 0.2) is 0 Å². The van der Waals surface area contributed by atoms with Crippen LogP contribution in [0.1, 0.15) is 46.7 Å². The number of anilines is 1. The fourth-order valence-corrected chi connectivity index (χ4v) is 2.80. The maximum Gasteiger partial charge on any atom is 0.259 e. The molecule has 0 unspecified atom stereocenters. The Balaban J connectivity index is 1.64. The smallest absolute Gasteiger partial charge is 0.259 e. The Labute approximate surface area is 176 Å². The minimum Gasteiger partial charge on any atom is -0.493 e. The topological polar surface area (TPSA) is 80.6 Å². The zero-order valence-corrected chi connectivity index (χ0v) is 17.2. The van der Waals surface area contributed by atoms with E-state index in [4.69, 9.17) is 9.15 Å². The van der Waals surface area contributed by atoms with Gasteiger partial charge in [-0.25, -0.2) is 0 Å². The zero-order valence-electron chi connectivity index (χ0n) is 17.2. The molecule has 0 fully saturated rings. The second-order valence-electron chi connectivity index (χ2n) is 7.32. The third-order valence-electron chi connectivity index (χ3n) is 4.47. The number of nitrogens with one attached hydrogen (secondary N) is 2. The lowest BCUT2D eigenvalue weighted by atomic mass is 10.1. The first-order valence-corrected chi connectivity index (χ1v) is 9.96. The molecule has 2 amide bonds. The van der Waals surface area contributed by atoms with Gasteiger partial charge in [-0.15, -0.1) is 0 Å². The van der Waals surface area contributed by atoms with Crippen LogP contribution in [0.15, 0.2) is 71.3 Å². The molecule has 0 radical (unpaired) electrons. The molecule has 1 heterocycles. The minimum absolute atomic E-state index is 0.250. The van der Waals surface area contributed by atoms with Crippen LogP contribution >= 0.6 is 0 Å². The number of ether oxygens (including phenoxy) is 1. The first-order valence-electron chi connectivity index (χ1n) is 9.96. The van der Waals surface area contributed by atoms with Crippen molar-refractivity contribution in [2.75, 3.05) is 11.9 Å². The molecule has 2 aromatic carbocycles. The summed E-state index contributed by atoms with van der Waals surface area (Å²) in [5.74, 6) is 1.20. The Kier molecular flexibility index (Phi) is 7.27. The summed E-state index contributed by atoms with van der Waals surface area (Å²) in [6.07, 6.45) is 2.47. The van der Waals surface area contributed by atoms with E-state index in [0.29, 0.717) is 47.4 Å². The van der Waals surface area contributed by atoms with Crippen molar-refractivity contribution in [3.8, 4) is 5.75 Å². The normalized spacial score (nSPS) is 10.6. The molecule has 0 aliphatic rings. The van der Waals surface area contributed by atoms with Crippen LogP contribution in [0.25, 0.3) is 0 Å². The predicted molar refractivity (Wildman–Crippen MR) is 116 cm³/mol. The van der Waals surface area contributed by atoms with Crippen molar-refractivity contribution in [3.05, 3.63) is 83.8 Å².